The molecule has 0 bridgehead atoms. The number of hydrogen-bond acceptors (Lipinski definition) is 5. The Bertz CT molecular complexity index is 163. The van der Waals surface area contributed by atoms with Crippen LogP contribution in [0.25, 0.3) is 0 Å². The van der Waals surface area contributed by atoms with Gasteiger partial charge in [0.15, 0.2) is 6.29 Å². The van der Waals surface area contributed by atoms with E-state index < -0.39 is 6.29 Å². The zero-order valence-corrected chi connectivity index (χ0v) is 8.80. The van der Waals surface area contributed by atoms with Gasteiger partial charge < -0.3 is 24.1 Å². The predicted molar refractivity (Wildman–Crippen MR) is 49.0 cm³/mol. The molecular weight excluding hydrogens is 188 g/mol. The second-order valence-electron chi connectivity index (χ2n) is 3.29. The molecule has 5 nitrogen and oxygen atoms in total. The quantitative estimate of drug-likeness (QED) is 0.688. The number of aliphatic hydroxyl groups excluding tert-OH is 1. The average Bonchev–Trinajstić information content (AvgIpc) is 2.17. The molecule has 0 aromatic carbocycles. The zero-order chi connectivity index (χ0) is 10.6. The van der Waals surface area contributed by atoms with Gasteiger partial charge in [-0.1, -0.05) is 0 Å². The molecule has 0 aliphatic carbocycles. The van der Waals surface area contributed by atoms with Gasteiger partial charge in [0.2, 0.25) is 0 Å². The Hall–Kier alpha value is -0.200. The minimum Gasteiger partial charge on any atom is -0.382 e. The monoisotopic (exact) mass is 206 g/mol. The van der Waals surface area contributed by atoms with Crippen molar-refractivity contribution in [1.29, 1.82) is 0 Å². The second kappa shape index (κ2) is 5.63. The lowest BCUT2D eigenvalue weighted by Crippen LogP contribution is -2.51. The molecule has 1 N–H and O–H groups in total. The van der Waals surface area contributed by atoms with Crippen LogP contribution in [0.4, 0.5) is 0 Å². The van der Waals surface area contributed by atoms with E-state index in [1.807, 2.05) is 0 Å². The average molecular weight is 206 g/mol. The van der Waals surface area contributed by atoms with Gasteiger partial charge >= 0.3 is 0 Å². The lowest BCUT2D eigenvalue weighted by Gasteiger charge is -2.38. The summed E-state index contributed by atoms with van der Waals surface area (Å²) in [6.07, 6.45) is -0.993. The largest absolute Gasteiger partial charge is 0.382 e. The van der Waals surface area contributed by atoms with Crippen molar-refractivity contribution in [1.82, 2.24) is 0 Å². The molecule has 0 unspecified atom stereocenters. The van der Waals surface area contributed by atoms with Crippen LogP contribution in [0.15, 0.2) is 0 Å². The van der Waals surface area contributed by atoms with E-state index in [0.717, 1.165) is 0 Å². The highest BCUT2D eigenvalue weighted by Gasteiger charge is 2.38. The van der Waals surface area contributed by atoms with Gasteiger partial charge in [-0.25, -0.2) is 0 Å². The Kier molecular flexibility index (Phi) is 4.77. The third kappa shape index (κ3) is 2.65. The SMILES string of the molecule is COC[C@@H]1O[C@@H](O)C[C@@H](OC)[C@@H]1OC. The molecular formula is C9H18O5. The van der Waals surface area contributed by atoms with Gasteiger partial charge in [0.05, 0.1) is 12.7 Å². The van der Waals surface area contributed by atoms with Crippen molar-refractivity contribution < 1.29 is 24.1 Å². The normalized spacial score (nSPS) is 38.6. The molecule has 4 atom stereocenters. The first-order valence-corrected chi connectivity index (χ1v) is 4.61. The summed E-state index contributed by atoms with van der Waals surface area (Å²) in [4.78, 5) is 0. The third-order valence-electron chi connectivity index (χ3n) is 2.40. The summed E-state index contributed by atoms with van der Waals surface area (Å²) in [5.41, 5.74) is 0. The Morgan fingerprint density at radius 2 is 2.00 bits per heavy atom. The Morgan fingerprint density at radius 3 is 2.50 bits per heavy atom. The van der Waals surface area contributed by atoms with Crippen molar-refractivity contribution in [2.75, 3.05) is 27.9 Å². The predicted octanol–water partition coefficient (Wildman–Crippen LogP) is -0.230. The summed E-state index contributed by atoms with van der Waals surface area (Å²) < 4.78 is 20.8. The van der Waals surface area contributed by atoms with E-state index in [9.17, 15) is 5.11 Å². The van der Waals surface area contributed by atoms with E-state index in [-0.39, 0.29) is 18.3 Å². The Balaban J connectivity index is 2.60. The second-order valence-corrected chi connectivity index (χ2v) is 3.29. The van der Waals surface area contributed by atoms with Crippen LogP contribution >= 0.6 is 0 Å². The van der Waals surface area contributed by atoms with Gasteiger partial charge in [0, 0.05) is 27.8 Å². The van der Waals surface area contributed by atoms with E-state index in [4.69, 9.17) is 18.9 Å². The molecule has 1 rings (SSSR count). The summed E-state index contributed by atoms with van der Waals surface area (Å²) in [5.74, 6) is 0. The molecule has 5 heteroatoms. The molecule has 1 aliphatic heterocycles. The fourth-order valence-electron chi connectivity index (χ4n) is 1.74. The van der Waals surface area contributed by atoms with Crippen LogP contribution in [0.3, 0.4) is 0 Å². The van der Waals surface area contributed by atoms with E-state index in [1.54, 1.807) is 21.3 Å². The highest BCUT2D eigenvalue weighted by molar-refractivity contribution is 4.84. The standard InChI is InChI=1S/C9H18O5/c1-11-5-7-9(13-3)6(12-2)4-8(10)14-7/h6-10H,4-5H2,1-3H3/t6-,7+,8-,9+/m1/s1. The molecule has 0 spiro atoms. The molecule has 1 saturated heterocycles. The summed E-state index contributed by atoms with van der Waals surface area (Å²) in [6, 6.07) is 0. The fourth-order valence-corrected chi connectivity index (χ4v) is 1.74. The van der Waals surface area contributed by atoms with Crippen LogP contribution in [-0.2, 0) is 18.9 Å². The summed E-state index contributed by atoms with van der Waals surface area (Å²) in [5, 5.41) is 9.41. The van der Waals surface area contributed by atoms with Crippen LogP contribution in [0.2, 0.25) is 0 Å². The Labute approximate surface area is 83.9 Å². The van der Waals surface area contributed by atoms with E-state index >= 15 is 0 Å². The zero-order valence-electron chi connectivity index (χ0n) is 8.80. The molecule has 1 aliphatic rings. The number of methoxy groups -OCH3 is 3. The fraction of sp³-hybridized carbons (Fsp3) is 1.00. The van der Waals surface area contributed by atoms with Crippen LogP contribution < -0.4 is 0 Å². The van der Waals surface area contributed by atoms with E-state index in [0.29, 0.717) is 13.0 Å². The summed E-state index contributed by atoms with van der Waals surface area (Å²) in [7, 11) is 4.78. The van der Waals surface area contributed by atoms with Gasteiger partial charge in [-0.2, -0.15) is 0 Å². The molecule has 0 amide bonds. The highest BCUT2D eigenvalue weighted by Crippen LogP contribution is 2.23. The molecule has 14 heavy (non-hydrogen) atoms. The maximum absolute atomic E-state index is 9.41. The Morgan fingerprint density at radius 1 is 1.29 bits per heavy atom. The number of rotatable bonds is 4. The van der Waals surface area contributed by atoms with Crippen LogP contribution in [0.5, 0.6) is 0 Å². The van der Waals surface area contributed by atoms with Crippen molar-refractivity contribution in [2.24, 2.45) is 0 Å². The van der Waals surface area contributed by atoms with Crippen molar-refractivity contribution in [3.63, 3.8) is 0 Å². The van der Waals surface area contributed by atoms with Crippen LogP contribution in [-0.4, -0.2) is 57.6 Å². The summed E-state index contributed by atoms with van der Waals surface area (Å²) in [6.45, 7) is 0.384. The molecule has 0 saturated carbocycles. The molecule has 0 radical (unpaired) electrons. The topological polar surface area (TPSA) is 57.2 Å². The molecule has 1 fully saturated rings. The van der Waals surface area contributed by atoms with Gasteiger partial charge in [-0.15, -0.1) is 0 Å². The van der Waals surface area contributed by atoms with Crippen molar-refractivity contribution in [3.8, 4) is 0 Å². The van der Waals surface area contributed by atoms with Crippen molar-refractivity contribution in [2.45, 2.75) is 31.0 Å². The molecule has 1 heterocycles. The van der Waals surface area contributed by atoms with Gasteiger partial charge in [-0.05, 0) is 0 Å². The maximum atomic E-state index is 9.41. The van der Waals surface area contributed by atoms with Crippen LogP contribution in [0.1, 0.15) is 6.42 Å². The van der Waals surface area contributed by atoms with E-state index in [2.05, 4.69) is 0 Å². The first-order valence-electron chi connectivity index (χ1n) is 4.61. The number of aliphatic hydroxyl groups is 1. The smallest absolute Gasteiger partial charge is 0.157 e. The minimum absolute atomic E-state index is 0.149. The molecule has 0 aromatic rings. The number of ether oxygens (including phenoxy) is 4. The number of hydrogen-bond donors (Lipinski definition) is 1. The van der Waals surface area contributed by atoms with E-state index in [1.165, 1.54) is 0 Å². The molecule has 0 aromatic heterocycles. The lowest BCUT2D eigenvalue weighted by molar-refractivity contribution is -0.250. The van der Waals surface area contributed by atoms with Crippen molar-refractivity contribution in [3.05, 3.63) is 0 Å². The van der Waals surface area contributed by atoms with Gasteiger partial charge in [0.25, 0.3) is 0 Å². The summed E-state index contributed by atoms with van der Waals surface area (Å²) >= 11 is 0. The van der Waals surface area contributed by atoms with Crippen LogP contribution in [0, 0.1) is 0 Å². The first kappa shape index (κ1) is 11.9. The molecule has 84 valence electrons. The van der Waals surface area contributed by atoms with Gasteiger partial charge in [-0.3, -0.25) is 0 Å². The first-order chi connectivity index (χ1) is 6.72. The third-order valence-corrected chi connectivity index (χ3v) is 2.40. The lowest BCUT2D eigenvalue weighted by atomic mass is 10.0. The van der Waals surface area contributed by atoms with Gasteiger partial charge in [0.1, 0.15) is 12.2 Å². The van der Waals surface area contributed by atoms with Crippen molar-refractivity contribution >= 4 is 0 Å². The highest BCUT2D eigenvalue weighted by atomic mass is 16.6. The maximum Gasteiger partial charge on any atom is 0.157 e. The minimum atomic E-state index is -0.800.